The van der Waals surface area contributed by atoms with Crippen LogP contribution >= 0.6 is 0 Å². The summed E-state index contributed by atoms with van der Waals surface area (Å²) in [5.74, 6) is 5.26. The molecule has 2 aliphatic rings. The summed E-state index contributed by atoms with van der Waals surface area (Å²) in [7, 11) is -1.04. The van der Waals surface area contributed by atoms with E-state index in [2.05, 4.69) is 98.2 Å². The van der Waals surface area contributed by atoms with E-state index in [0.717, 1.165) is 0 Å². The largest absolute Gasteiger partial charge is 1.00 e. The molecule has 0 aromatic heterocycles. The van der Waals surface area contributed by atoms with Gasteiger partial charge in [0.15, 0.2) is 0 Å². The minimum Gasteiger partial charge on any atom is -1.00 e. The van der Waals surface area contributed by atoms with Crippen LogP contribution in [0.2, 0.25) is 11.5 Å². The Hall–Kier alpha value is -0.594. The molecular weight excluding hydrogens is 547 g/mol. The van der Waals surface area contributed by atoms with Crippen LogP contribution in [0.4, 0.5) is 0 Å². The van der Waals surface area contributed by atoms with Crippen LogP contribution in [-0.2, 0) is 18.6 Å². The first-order valence-corrected chi connectivity index (χ1v) is 24.2. The van der Waals surface area contributed by atoms with Gasteiger partial charge in [-0.25, -0.2) is 0 Å². The average Bonchev–Trinajstić information content (AvgIpc) is 3.32. The van der Waals surface area contributed by atoms with Gasteiger partial charge in [0.2, 0.25) is 0 Å². The van der Waals surface area contributed by atoms with Gasteiger partial charge in [0.05, 0.1) is 0 Å². The molecule has 4 heteroatoms. The van der Waals surface area contributed by atoms with Gasteiger partial charge in [-0.15, -0.1) is 0 Å². The predicted molar refractivity (Wildman–Crippen MR) is 121 cm³/mol. The molecule has 30 heavy (non-hydrogen) atoms. The molecule has 0 saturated carbocycles. The Morgan fingerprint density at radius 3 is 1.50 bits per heavy atom. The Morgan fingerprint density at radius 2 is 1.13 bits per heavy atom. The third kappa shape index (κ3) is 5.41. The van der Waals surface area contributed by atoms with E-state index in [-0.39, 0.29) is 24.8 Å². The van der Waals surface area contributed by atoms with Crippen molar-refractivity contribution >= 4 is 21.1 Å². The second-order valence-corrected chi connectivity index (χ2v) is 36.1. The van der Waals surface area contributed by atoms with Crippen molar-refractivity contribution in [3.63, 3.8) is 0 Å². The maximum absolute atomic E-state index is 2.63. The summed E-state index contributed by atoms with van der Waals surface area (Å²) in [4.78, 5) is 0. The van der Waals surface area contributed by atoms with Crippen molar-refractivity contribution in [2.45, 2.75) is 38.2 Å². The molecule has 0 unspecified atom stereocenters. The van der Waals surface area contributed by atoms with Gasteiger partial charge >= 0.3 is 180 Å². The zero-order valence-electron chi connectivity index (χ0n) is 18.1. The molecule has 0 heterocycles. The van der Waals surface area contributed by atoms with Gasteiger partial charge in [-0.2, -0.15) is 0 Å². The van der Waals surface area contributed by atoms with Crippen LogP contribution in [0.1, 0.15) is 35.1 Å². The molecule has 2 aromatic rings. The Labute approximate surface area is 202 Å². The van der Waals surface area contributed by atoms with E-state index in [0.29, 0.717) is 0 Å². The van der Waals surface area contributed by atoms with Gasteiger partial charge in [-0.05, 0) is 0 Å². The number of hydrogen-bond donors (Lipinski definition) is 0. The first kappa shape index (κ1) is 25.7. The van der Waals surface area contributed by atoms with Crippen molar-refractivity contribution in [1.29, 1.82) is 0 Å². The maximum Gasteiger partial charge on any atom is -1.00 e. The summed E-state index contributed by atoms with van der Waals surface area (Å²) < 4.78 is 3.72. The minimum absolute atomic E-state index is 0. The van der Waals surface area contributed by atoms with Crippen LogP contribution in [0, 0.1) is 13.8 Å². The Balaban J connectivity index is 0.00000160. The fourth-order valence-electron chi connectivity index (χ4n) is 4.44. The SMILES string of the molecule is Cc1cccc(C2=[C]([Zr+2]([C]3=C(c4cccc(C)c4)C=CC3)=[Ge]([CH3])[CH3])CC=C2)c1.[Cl-].[Cl-]. The molecule has 0 radical (unpaired) electrons. The van der Waals surface area contributed by atoms with Gasteiger partial charge < -0.3 is 24.8 Å². The first-order chi connectivity index (χ1) is 13.5. The smallest absolute Gasteiger partial charge is 1.00 e. The van der Waals surface area contributed by atoms with Crippen molar-refractivity contribution in [2.24, 2.45) is 0 Å². The summed E-state index contributed by atoms with van der Waals surface area (Å²) in [6.07, 6.45) is 12.1. The number of halogens is 2. The third-order valence-electron chi connectivity index (χ3n) is 5.62. The molecule has 0 fully saturated rings. The standard InChI is InChI=1S/2C12H11.C2H6Ge.2ClH.Zr/c2*1-10-5-4-8-12(9-10)11-6-2-3-7-11;1-3-2;;;/h2*2,4-6,8-9H,3H2,1H3;1-2H3;2*1H;/q;;;;;+2/p-2. The zero-order chi connectivity index (χ0) is 19.7. The molecule has 154 valence electrons. The number of hydrogen-bond acceptors (Lipinski definition) is 0. The molecule has 0 aliphatic heterocycles. The van der Waals surface area contributed by atoms with Crippen molar-refractivity contribution in [3.8, 4) is 0 Å². The first-order valence-electron chi connectivity index (χ1n) is 10.2. The molecule has 4 rings (SSSR count). The molecule has 0 nitrogen and oxygen atoms in total. The van der Waals surface area contributed by atoms with E-state index in [9.17, 15) is 0 Å². The average molecular weight is 575 g/mol. The number of rotatable bonds is 4. The van der Waals surface area contributed by atoms with Crippen molar-refractivity contribution in [3.05, 3.63) is 102 Å². The monoisotopic (exact) mass is 574 g/mol. The van der Waals surface area contributed by atoms with E-state index >= 15 is 0 Å². The summed E-state index contributed by atoms with van der Waals surface area (Å²) in [6, 6.07) is 18.2. The summed E-state index contributed by atoms with van der Waals surface area (Å²) >= 11 is -1.82. The Bertz CT molecular complexity index is 1020. The summed E-state index contributed by atoms with van der Waals surface area (Å²) in [5, 5.41) is 0. The number of aryl methyl sites for hydroxylation is 2. The molecular formula is C26H28Cl2GeZr. The van der Waals surface area contributed by atoms with Crippen molar-refractivity contribution in [1.82, 2.24) is 0 Å². The summed E-state index contributed by atoms with van der Waals surface area (Å²) in [6.45, 7) is 4.42. The van der Waals surface area contributed by atoms with Crippen LogP contribution in [0.3, 0.4) is 0 Å². The van der Waals surface area contributed by atoms with Crippen molar-refractivity contribution < 1.29 is 43.4 Å². The second-order valence-electron chi connectivity index (χ2n) is 8.11. The zero-order valence-corrected chi connectivity index (χ0v) is 24.2. The topological polar surface area (TPSA) is 0 Å². The van der Waals surface area contributed by atoms with Crippen LogP contribution < -0.4 is 24.8 Å². The van der Waals surface area contributed by atoms with E-state index in [1.807, 2.05) is 6.56 Å². The van der Waals surface area contributed by atoms with E-state index < -0.39 is 28.6 Å². The quantitative estimate of drug-likeness (QED) is 0.482. The summed E-state index contributed by atoms with van der Waals surface area (Å²) in [5.41, 5.74) is 8.72. The molecule has 0 atom stereocenters. The van der Waals surface area contributed by atoms with Crippen molar-refractivity contribution in [2.75, 3.05) is 0 Å². The molecule has 0 spiro atoms. The van der Waals surface area contributed by atoms with Crippen LogP contribution in [0.15, 0.2) is 79.4 Å². The Morgan fingerprint density at radius 1 is 0.700 bits per heavy atom. The van der Waals surface area contributed by atoms with Gasteiger partial charge in [-0.1, -0.05) is 0 Å². The third-order valence-corrected chi connectivity index (χ3v) is 33.3. The van der Waals surface area contributed by atoms with Crippen LogP contribution in [0.5, 0.6) is 0 Å². The minimum atomic E-state index is -1.82. The van der Waals surface area contributed by atoms with Gasteiger partial charge in [0, 0.05) is 0 Å². The second kappa shape index (κ2) is 11.3. The normalized spacial score (nSPS) is 14.4. The fraction of sp³-hybridized carbons (Fsp3) is 0.231. The molecule has 2 aromatic carbocycles. The van der Waals surface area contributed by atoms with Gasteiger partial charge in [0.25, 0.3) is 0 Å². The number of allylic oxidation sites excluding steroid dienone is 8. The van der Waals surface area contributed by atoms with E-state index in [1.54, 1.807) is 11.1 Å². The van der Waals surface area contributed by atoms with E-state index in [1.165, 1.54) is 35.1 Å². The van der Waals surface area contributed by atoms with Crippen LogP contribution in [0.25, 0.3) is 11.1 Å². The van der Waals surface area contributed by atoms with E-state index in [4.69, 9.17) is 0 Å². The Kier molecular flexibility index (Phi) is 9.69. The van der Waals surface area contributed by atoms with Gasteiger partial charge in [-0.3, -0.25) is 0 Å². The molecule has 0 N–H and O–H groups in total. The molecule has 2 aliphatic carbocycles. The molecule has 0 amide bonds. The molecule has 0 bridgehead atoms. The predicted octanol–water partition coefficient (Wildman–Crippen LogP) is 1.22. The molecule has 0 saturated heterocycles. The number of benzene rings is 2. The van der Waals surface area contributed by atoms with Crippen LogP contribution in [-0.4, -0.2) is 9.98 Å². The fourth-order valence-corrected chi connectivity index (χ4v) is 33.2. The maximum atomic E-state index is 2.63. The van der Waals surface area contributed by atoms with Gasteiger partial charge in [0.1, 0.15) is 0 Å².